The largest absolute Gasteiger partial charge is 0.508 e. The highest BCUT2D eigenvalue weighted by Gasteiger charge is 2.36. The van der Waals surface area contributed by atoms with Crippen molar-refractivity contribution in [1.82, 2.24) is 0 Å². The maximum atomic E-state index is 11.1. The molecule has 1 aliphatic heterocycles. The summed E-state index contributed by atoms with van der Waals surface area (Å²) in [5, 5.41) is 50.8. The summed E-state index contributed by atoms with van der Waals surface area (Å²) < 4.78 is 6.55. The Morgan fingerprint density at radius 2 is 1.27 bits per heavy atom. The lowest BCUT2D eigenvalue weighted by molar-refractivity contribution is 0.107. The van der Waals surface area contributed by atoms with Crippen molar-refractivity contribution in [1.29, 1.82) is 0 Å². The average molecular weight is 589 g/mol. The van der Waals surface area contributed by atoms with Crippen LogP contribution in [0.4, 0.5) is 0 Å². The van der Waals surface area contributed by atoms with E-state index in [-0.39, 0.29) is 34.7 Å². The van der Waals surface area contributed by atoms with E-state index in [0.29, 0.717) is 23.3 Å². The molecule has 0 radical (unpaired) electrons. The summed E-state index contributed by atoms with van der Waals surface area (Å²) in [5.74, 6) is 0.933. The lowest BCUT2D eigenvalue weighted by Crippen LogP contribution is -2.35. The van der Waals surface area contributed by atoms with Crippen molar-refractivity contribution in [3.63, 3.8) is 0 Å². The first-order valence-corrected chi connectivity index (χ1v) is 14.4. The molecule has 224 valence electrons. The molecule has 5 rings (SSSR count). The first-order chi connectivity index (χ1) is 21.0. The topological polar surface area (TPSA) is 110 Å². The fourth-order valence-electron chi connectivity index (χ4n) is 5.43. The maximum Gasteiger partial charge on any atom is 0.128 e. The van der Waals surface area contributed by atoms with E-state index >= 15 is 0 Å². The van der Waals surface area contributed by atoms with Crippen LogP contribution in [-0.4, -0.2) is 31.1 Å². The SMILES string of the molecule is CC(C)=C[C@@H]1C[C@@](C)(/C=C/c2cc(/C=C/c3cc(O)cc(O)c3)ccc2O)Oc2cc(/C=C/c3ccc(O)cc3)cc(O)c21. The van der Waals surface area contributed by atoms with Crippen LogP contribution in [0.5, 0.6) is 34.5 Å². The van der Waals surface area contributed by atoms with E-state index in [2.05, 4.69) is 6.08 Å². The Kier molecular flexibility index (Phi) is 8.54. The summed E-state index contributed by atoms with van der Waals surface area (Å²) in [5.41, 5.74) is 4.88. The highest BCUT2D eigenvalue weighted by atomic mass is 16.5. The van der Waals surface area contributed by atoms with Crippen molar-refractivity contribution in [2.75, 3.05) is 0 Å². The number of hydrogen-bond donors (Lipinski definition) is 5. The Bertz CT molecular complexity index is 1770. The van der Waals surface area contributed by atoms with Crippen LogP contribution in [0.3, 0.4) is 0 Å². The van der Waals surface area contributed by atoms with Gasteiger partial charge in [-0.25, -0.2) is 0 Å². The molecule has 4 aromatic rings. The number of phenols is 5. The second kappa shape index (κ2) is 12.5. The smallest absolute Gasteiger partial charge is 0.128 e. The van der Waals surface area contributed by atoms with Gasteiger partial charge in [-0.05, 0) is 97.6 Å². The van der Waals surface area contributed by atoms with Crippen molar-refractivity contribution >= 4 is 30.4 Å². The van der Waals surface area contributed by atoms with Gasteiger partial charge in [-0.15, -0.1) is 0 Å². The molecular formula is C38H36O6. The minimum absolute atomic E-state index is 0.0264. The number of aromatic hydroxyl groups is 5. The van der Waals surface area contributed by atoms with Crippen LogP contribution < -0.4 is 4.74 Å². The minimum Gasteiger partial charge on any atom is -0.508 e. The van der Waals surface area contributed by atoms with Crippen LogP contribution >= 0.6 is 0 Å². The zero-order valence-electron chi connectivity index (χ0n) is 24.9. The molecule has 6 nitrogen and oxygen atoms in total. The van der Waals surface area contributed by atoms with E-state index in [0.717, 1.165) is 27.8 Å². The van der Waals surface area contributed by atoms with Crippen LogP contribution in [0.15, 0.2) is 90.5 Å². The molecule has 2 atom stereocenters. The van der Waals surface area contributed by atoms with Gasteiger partial charge in [0.1, 0.15) is 40.1 Å². The fraction of sp³-hybridized carbons (Fsp3) is 0.158. The van der Waals surface area contributed by atoms with Crippen LogP contribution in [0.2, 0.25) is 0 Å². The molecule has 6 heteroatoms. The van der Waals surface area contributed by atoms with Crippen LogP contribution in [0.25, 0.3) is 30.4 Å². The molecule has 0 aliphatic carbocycles. The first-order valence-electron chi connectivity index (χ1n) is 14.4. The summed E-state index contributed by atoms with van der Waals surface area (Å²) >= 11 is 0. The quantitative estimate of drug-likeness (QED) is 0.109. The standard InChI is InChI=1S/C38H36O6/c1-24(2)16-30-23-38(3,44-36-21-28(20-35(43)37(30)36)6-4-25-8-11-31(39)12-9-25)15-14-29-17-26(10-13-34(29)42)5-7-27-18-32(40)22-33(41)19-27/h4-22,30,39-43H,23H2,1-3H3/b6-4+,7-5+,15-14+/t30-,38-/m1/s1. The molecule has 0 fully saturated rings. The van der Waals surface area contributed by atoms with Gasteiger partial charge < -0.3 is 30.3 Å². The van der Waals surface area contributed by atoms with Crippen molar-refractivity contribution in [3.8, 4) is 34.5 Å². The predicted molar refractivity (Wildman–Crippen MR) is 177 cm³/mol. The zero-order chi connectivity index (χ0) is 31.4. The molecule has 0 aromatic heterocycles. The number of phenolic OH excluding ortho intramolecular Hbond substituents is 5. The average Bonchev–Trinajstić information content (AvgIpc) is 2.94. The fourth-order valence-corrected chi connectivity index (χ4v) is 5.43. The Morgan fingerprint density at radius 3 is 1.95 bits per heavy atom. The molecule has 44 heavy (non-hydrogen) atoms. The maximum absolute atomic E-state index is 11.1. The zero-order valence-corrected chi connectivity index (χ0v) is 24.9. The third kappa shape index (κ3) is 7.34. The lowest BCUT2D eigenvalue weighted by atomic mass is 9.81. The van der Waals surface area contributed by atoms with E-state index in [9.17, 15) is 25.5 Å². The number of rotatable bonds is 7. The monoisotopic (exact) mass is 588 g/mol. The van der Waals surface area contributed by atoms with Crippen LogP contribution in [-0.2, 0) is 0 Å². The molecule has 0 unspecified atom stereocenters. The Balaban J connectivity index is 1.44. The molecule has 4 aromatic carbocycles. The highest BCUT2D eigenvalue weighted by molar-refractivity contribution is 5.74. The summed E-state index contributed by atoms with van der Waals surface area (Å²) in [6.07, 6.45) is 13.9. The van der Waals surface area contributed by atoms with Crippen molar-refractivity contribution < 1.29 is 30.3 Å². The van der Waals surface area contributed by atoms with Crippen molar-refractivity contribution in [3.05, 3.63) is 124 Å². The Hall–Kier alpha value is -5.36. The minimum atomic E-state index is -0.743. The number of fused-ring (bicyclic) bond motifs is 1. The van der Waals surface area contributed by atoms with Gasteiger partial charge in [0, 0.05) is 29.5 Å². The van der Waals surface area contributed by atoms with Crippen molar-refractivity contribution in [2.24, 2.45) is 0 Å². The summed E-state index contributed by atoms with van der Waals surface area (Å²) in [7, 11) is 0. The molecule has 5 N–H and O–H groups in total. The normalized spacial score (nSPS) is 18.0. The highest BCUT2D eigenvalue weighted by Crippen LogP contribution is 2.48. The number of benzene rings is 4. The number of ether oxygens (including phenoxy) is 1. The van der Waals surface area contributed by atoms with Gasteiger partial charge in [0.15, 0.2) is 0 Å². The molecule has 0 spiro atoms. The van der Waals surface area contributed by atoms with Gasteiger partial charge in [0.25, 0.3) is 0 Å². The van der Waals surface area contributed by atoms with Gasteiger partial charge >= 0.3 is 0 Å². The van der Waals surface area contributed by atoms with E-state index in [1.54, 1.807) is 48.5 Å². The van der Waals surface area contributed by atoms with E-state index in [1.165, 1.54) is 6.07 Å². The molecule has 0 bridgehead atoms. The molecule has 0 saturated carbocycles. The second-order valence-corrected chi connectivity index (χ2v) is 11.6. The van der Waals surface area contributed by atoms with E-state index in [4.69, 9.17) is 4.74 Å². The Labute approximate surface area is 257 Å². The predicted octanol–water partition coefficient (Wildman–Crippen LogP) is 8.86. The second-order valence-electron chi connectivity index (χ2n) is 11.6. The molecule has 1 aliphatic rings. The molecule has 0 saturated heterocycles. The van der Waals surface area contributed by atoms with E-state index in [1.807, 2.05) is 75.4 Å². The van der Waals surface area contributed by atoms with Crippen LogP contribution in [0, 0.1) is 0 Å². The number of hydrogen-bond acceptors (Lipinski definition) is 6. The van der Waals surface area contributed by atoms with Gasteiger partial charge in [0.2, 0.25) is 0 Å². The first kappa shape index (κ1) is 30.1. The van der Waals surface area contributed by atoms with E-state index < -0.39 is 5.60 Å². The third-order valence-corrected chi connectivity index (χ3v) is 7.44. The van der Waals surface area contributed by atoms with Crippen molar-refractivity contribution in [2.45, 2.75) is 38.7 Å². The number of allylic oxidation sites excluding steroid dienone is 2. The molecule has 1 heterocycles. The summed E-state index contributed by atoms with van der Waals surface area (Å²) in [6.45, 7) is 6.05. The van der Waals surface area contributed by atoms with Gasteiger partial charge in [-0.3, -0.25) is 0 Å². The van der Waals surface area contributed by atoms with Gasteiger partial charge in [0.05, 0.1) is 0 Å². The summed E-state index contributed by atoms with van der Waals surface area (Å²) in [4.78, 5) is 0. The van der Waals surface area contributed by atoms with Gasteiger partial charge in [-0.1, -0.05) is 60.2 Å². The third-order valence-electron chi connectivity index (χ3n) is 7.44. The van der Waals surface area contributed by atoms with Crippen LogP contribution in [0.1, 0.15) is 66.5 Å². The summed E-state index contributed by atoms with van der Waals surface area (Å²) in [6, 6.07) is 20.1. The van der Waals surface area contributed by atoms with Gasteiger partial charge in [-0.2, -0.15) is 0 Å². The lowest BCUT2D eigenvalue weighted by Gasteiger charge is -2.38. The molecule has 0 amide bonds. The Morgan fingerprint density at radius 1 is 0.659 bits per heavy atom. The molecular weight excluding hydrogens is 552 g/mol.